The zero-order valence-corrected chi connectivity index (χ0v) is 14.9. The van der Waals surface area contributed by atoms with Crippen molar-refractivity contribution in [2.75, 3.05) is 10.6 Å². The maximum atomic E-state index is 12.9. The van der Waals surface area contributed by atoms with Crippen molar-refractivity contribution in [2.45, 2.75) is 6.54 Å². The minimum Gasteiger partial charge on any atom is -0.332 e. The highest BCUT2D eigenvalue weighted by atomic mass is 79.9. The van der Waals surface area contributed by atoms with Crippen molar-refractivity contribution >= 4 is 44.8 Å². The summed E-state index contributed by atoms with van der Waals surface area (Å²) in [5.74, 6) is 0.401. The van der Waals surface area contributed by atoms with E-state index in [0.29, 0.717) is 17.5 Å². The first kappa shape index (κ1) is 16.6. The van der Waals surface area contributed by atoms with Gasteiger partial charge in [-0.05, 0) is 54.2 Å². The van der Waals surface area contributed by atoms with Crippen LogP contribution in [-0.4, -0.2) is 14.9 Å². The molecule has 2 N–H and O–H groups in total. The predicted octanol–water partition coefficient (Wildman–Crippen LogP) is 4.64. The van der Waals surface area contributed by atoms with E-state index < -0.39 is 0 Å². The summed E-state index contributed by atoms with van der Waals surface area (Å²) in [6.07, 6.45) is 1.84. The summed E-state index contributed by atoms with van der Waals surface area (Å²) in [7, 11) is 0. The molecule has 0 radical (unpaired) electrons. The van der Waals surface area contributed by atoms with Gasteiger partial charge in [0.2, 0.25) is 0 Å². The molecule has 7 heteroatoms. The van der Waals surface area contributed by atoms with Gasteiger partial charge in [0, 0.05) is 22.4 Å². The molecule has 0 aliphatic rings. The monoisotopic (exact) mass is 404 g/mol. The Morgan fingerprint density at radius 1 is 1.04 bits per heavy atom. The topological polar surface area (TPSA) is 41.9 Å². The Morgan fingerprint density at radius 3 is 2.46 bits per heavy atom. The van der Waals surface area contributed by atoms with Crippen molar-refractivity contribution in [1.82, 2.24) is 9.78 Å². The Kier molecular flexibility index (Phi) is 5.22. The van der Waals surface area contributed by atoms with Crippen LogP contribution in [0.25, 0.3) is 0 Å². The van der Waals surface area contributed by atoms with Crippen LogP contribution in [0.4, 0.5) is 15.9 Å². The average molecular weight is 405 g/mol. The van der Waals surface area contributed by atoms with Gasteiger partial charge in [-0.15, -0.1) is 0 Å². The van der Waals surface area contributed by atoms with Gasteiger partial charge in [-0.2, -0.15) is 5.10 Å². The van der Waals surface area contributed by atoms with Crippen molar-refractivity contribution in [1.29, 1.82) is 0 Å². The Balaban J connectivity index is 1.58. The van der Waals surface area contributed by atoms with E-state index in [0.717, 1.165) is 15.7 Å². The smallest absolute Gasteiger partial charge is 0.176 e. The number of rotatable bonds is 4. The minimum atomic E-state index is -0.245. The number of nitrogens with one attached hydrogen (secondary N) is 2. The van der Waals surface area contributed by atoms with E-state index in [2.05, 4.69) is 31.7 Å². The lowest BCUT2D eigenvalue weighted by Gasteiger charge is -2.08. The SMILES string of the molecule is Fc1ccc(Cn2ccc(NC(=S)Nc3ccc(Br)cc3)n2)cc1. The zero-order valence-electron chi connectivity index (χ0n) is 12.5. The van der Waals surface area contributed by atoms with Crippen LogP contribution in [0.3, 0.4) is 0 Å². The van der Waals surface area contributed by atoms with Crippen molar-refractivity contribution in [3.8, 4) is 0 Å². The van der Waals surface area contributed by atoms with Crippen LogP contribution in [0.5, 0.6) is 0 Å². The van der Waals surface area contributed by atoms with Gasteiger partial charge in [0.15, 0.2) is 10.9 Å². The van der Waals surface area contributed by atoms with Gasteiger partial charge < -0.3 is 10.6 Å². The second-order valence-corrected chi connectivity index (χ2v) is 6.43. The van der Waals surface area contributed by atoms with Crippen LogP contribution in [0.15, 0.2) is 65.3 Å². The Morgan fingerprint density at radius 2 is 1.75 bits per heavy atom. The molecule has 0 saturated heterocycles. The Hall–Kier alpha value is -2.25. The van der Waals surface area contributed by atoms with Gasteiger partial charge in [0.05, 0.1) is 6.54 Å². The first-order valence-corrected chi connectivity index (χ1v) is 8.40. The lowest BCUT2D eigenvalue weighted by molar-refractivity contribution is 0.624. The van der Waals surface area contributed by atoms with Crippen LogP contribution >= 0.6 is 28.1 Å². The number of thiocarbonyl (C=S) groups is 1. The fraction of sp³-hybridized carbons (Fsp3) is 0.0588. The molecular weight excluding hydrogens is 391 g/mol. The van der Waals surface area contributed by atoms with Crippen molar-refractivity contribution in [2.24, 2.45) is 0 Å². The van der Waals surface area contributed by atoms with E-state index in [1.807, 2.05) is 36.5 Å². The van der Waals surface area contributed by atoms with Crippen LogP contribution in [0.2, 0.25) is 0 Å². The highest BCUT2D eigenvalue weighted by molar-refractivity contribution is 9.10. The molecule has 0 spiro atoms. The van der Waals surface area contributed by atoms with Gasteiger partial charge in [-0.25, -0.2) is 4.39 Å². The summed E-state index contributed by atoms with van der Waals surface area (Å²) < 4.78 is 15.7. The van der Waals surface area contributed by atoms with Gasteiger partial charge >= 0.3 is 0 Å². The second-order valence-electron chi connectivity index (χ2n) is 5.11. The van der Waals surface area contributed by atoms with E-state index in [4.69, 9.17) is 12.2 Å². The summed E-state index contributed by atoms with van der Waals surface area (Å²) in [5.41, 5.74) is 1.86. The minimum absolute atomic E-state index is 0.245. The molecule has 24 heavy (non-hydrogen) atoms. The fourth-order valence-electron chi connectivity index (χ4n) is 2.11. The molecule has 1 aromatic heterocycles. The molecule has 0 bridgehead atoms. The van der Waals surface area contributed by atoms with E-state index in [1.54, 1.807) is 16.8 Å². The van der Waals surface area contributed by atoms with Gasteiger partial charge in [-0.1, -0.05) is 28.1 Å². The molecule has 0 saturated carbocycles. The summed E-state index contributed by atoms with van der Waals surface area (Å²) in [5, 5.41) is 11.0. The number of nitrogens with zero attached hydrogens (tertiary/aromatic N) is 2. The largest absolute Gasteiger partial charge is 0.332 e. The quantitative estimate of drug-likeness (QED) is 0.621. The standard InChI is InChI=1S/C17H14BrFN4S/c18-13-3-7-15(8-4-13)20-17(24)21-16-9-10-23(22-16)11-12-1-5-14(19)6-2-12/h1-10H,11H2,(H2,20,21,22,24). The summed E-state index contributed by atoms with van der Waals surface area (Å²) in [6.45, 7) is 0.564. The number of halogens is 2. The first-order chi connectivity index (χ1) is 11.6. The number of hydrogen-bond donors (Lipinski definition) is 2. The molecule has 122 valence electrons. The first-order valence-electron chi connectivity index (χ1n) is 7.20. The maximum Gasteiger partial charge on any atom is 0.176 e. The average Bonchev–Trinajstić information content (AvgIpc) is 2.99. The lowest BCUT2D eigenvalue weighted by Crippen LogP contribution is -2.19. The Labute approximate surface area is 152 Å². The van der Waals surface area contributed by atoms with Gasteiger partial charge in [-0.3, -0.25) is 4.68 Å². The number of benzene rings is 2. The van der Waals surface area contributed by atoms with Gasteiger partial charge in [0.1, 0.15) is 5.82 Å². The number of aromatic nitrogens is 2. The molecule has 0 atom stereocenters. The highest BCUT2D eigenvalue weighted by Gasteiger charge is 2.03. The molecule has 3 rings (SSSR count). The molecular formula is C17H14BrFN4S. The number of hydrogen-bond acceptors (Lipinski definition) is 2. The van der Waals surface area contributed by atoms with Crippen LogP contribution < -0.4 is 10.6 Å². The van der Waals surface area contributed by atoms with E-state index in [1.165, 1.54) is 12.1 Å². The third-order valence-electron chi connectivity index (χ3n) is 3.24. The fourth-order valence-corrected chi connectivity index (χ4v) is 2.59. The molecule has 1 heterocycles. The molecule has 0 aliphatic heterocycles. The van der Waals surface area contributed by atoms with Crippen LogP contribution in [0, 0.1) is 5.82 Å². The lowest BCUT2D eigenvalue weighted by atomic mass is 10.2. The number of anilines is 2. The highest BCUT2D eigenvalue weighted by Crippen LogP contribution is 2.14. The molecule has 0 amide bonds. The third kappa shape index (κ3) is 4.62. The molecule has 0 aliphatic carbocycles. The van der Waals surface area contributed by atoms with Gasteiger partial charge in [0.25, 0.3) is 0 Å². The zero-order chi connectivity index (χ0) is 16.9. The van der Waals surface area contributed by atoms with Crippen LogP contribution in [-0.2, 0) is 6.54 Å². The molecule has 3 aromatic rings. The Bertz CT molecular complexity index is 831. The molecule has 0 unspecified atom stereocenters. The predicted molar refractivity (Wildman–Crippen MR) is 102 cm³/mol. The molecule has 4 nitrogen and oxygen atoms in total. The van der Waals surface area contributed by atoms with Crippen molar-refractivity contribution in [3.05, 3.63) is 76.6 Å². The molecule has 0 fully saturated rings. The molecule has 2 aromatic carbocycles. The normalized spacial score (nSPS) is 10.4. The van der Waals surface area contributed by atoms with E-state index >= 15 is 0 Å². The third-order valence-corrected chi connectivity index (χ3v) is 3.97. The second kappa shape index (κ2) is 7.55. The van der Waals surface area contributed by atoms with E-state index in [9.17, 15) is 4.39 Å². The summed E-state index contributed by atoms with van der Waals surface area (Å²) >= 11 is 8.67. The van der Waals surface area contributed by atoms with E-state index in [-0.39, 0.29) is 5.82 Å². The summed E-state index contributed by atoms with van der Waals surface area (Å²) in [6, 6.07) is 15.9. The van der Waals surface area contributed by atoms with Crippen molar-refractivity contribution < 1.29 is 4.39 Å². The van der Waals surface area contributed by atoms with Crippen LogP contribution in [0.1, 0.15) is 5.56 Å². The summed E-state index contributed by atoms with van der Waals surface area (Å²) in [4.78, 5) is 0. The van der Waals surface area contributed by atoms with Crippen molar-refractivity contribution in [3.63, 3.8) is 0 Å². The maximum absolute atomic E-state index is 12.9.